The number of nitrogens with one attached hydrogen (secondary N) is 1. The highest BCUT2D eigenvalue weighted by atomic mass is 35.5. The maximum Gasteiger partial charge on any atom is 0.408 e. The number of ether oxygens (including phenoxy) is 1. The average Bonchev–Trinajstić information content (AvgIpc) is 2.68. The number of piperidine rings is 1. The summed E-state index contributed by atoms with van der Waals surface area (Å²) in [6.07, 6.45) is 1.06. The van der Waals surface area contributed by atoms with E-state index >= 15 is 0 Å². The van der Waals surface area contributed by atoms with E-state index in [0.29, 0.717) is 45.5 Å². The zero-order valence-corrected chi connectivity index (χ0v) is 20.6. The van der Waals surface area contributed by atoms with Crippen molar-refractivity contribution in [2.75, 3.05) is 18.0 Å². The Hall–Kier alpha value is -2.49. The molecule has 0 saturated carbocycles. The van der Waals surface area contributed by atoms with Crippen molar-refractivity contribution in [3.8, 4) is 17.2 Å². The standard InChI is InChI=1S/C24H28Cl2N4O2/c1-15-20(17-7-6-8-18(25)21(17)26)16(14-27)13-19(28-15)30-11-9-24(5,10-12-30)29-22(31)32-23(2,3)4/h6-8,13H,9-12H2,1-5H3,(H,29,31). The molecule has 32 heavy (non-hydrogen) atoms. The summed E-state index contributed by atoms with van der Waals surface area (Å²) in [6, 6.07) is 9.44. The second kappa shape index (κ2) is 9.17. The van der Waals surface area contributed by atoms with Crippen molar-refractivity contribution in [1.29, 1.82) is 5.26 Å². The van der Waals surface area contributed by atoms with Gasteiger partial charge in [-0.05, 0) is 59.6 Å². The van der Waals surface area contributed by atoms with Crippen LogP contribution in [0.25, 0.3) is 11.1 Å². The molecule has 6 nitrogen and oxygen atoms in total. The molecular weight excluding hydrogens is 447 g/mol. The molecular formula is C24H28Cl2N4O2. The Kier molecular flexibility index (Phi) is 6.92. The van der Waals surface area contributed by atoms with Gasteiger partial charge in [-0.25, -0.2) is 9.78 Å². The summed E-state index contributed by atoms with van der Waals surface area (Å²) >= 11 is 12.6. The highest BCUT2D eigenvalue weighted by molar-refractivity contribution is 6.43. The lowest BCUT2D eigenvalue weighted by Gasteiger charge is -2.40. The van der Waals surface area contributed by atoms with E-state index in [4.69, 9.17) is 32.9 Å². The average molecular weight is 475 g/mol. The summed E-state index contributed by atoms with van der Waals surface area (Å²) in [5.41, 5.74) is 1.70. The van der Waals surface area contributed by atoms with Crippen LogP contribution in [0.4, 0.5) is 10.6 Å². The van der Waals surface area contributed by atoms with E-state index in [1.54, 1.807) is 18.2 Å². The minimum Gasteiger partial charge on any atom is -0.444 e. The Labute approximate surface area is 199 Å². The first kappa shape index (κ1) is 24.2. The van der Waals surface area contributed by atoms with Crippen LogP contribution in [0.1, 0.15) is 51.8 Å². The molecule has 0 bridgehead atoms. The number of amides is 1. The quantitative estimate of drug-likeness (QED) is 0.579. The maximum absolute atomic E-state index is 12.2. The number of hydrogen-bond donors (Lipinski definition) is 1. The largest absolute Gasteiger partial charge is 0.444 e. The summed E-state index contributed by atoms with van der Waals surface area (Å²) in [5.74, 6) is 0.736. The second-order valence-corrected chi connectivity index (χ2v) is 10.2. The molecule has 1 amide bonds. The van der Waals surface area contributed by atoms with Crippen molar-refractivity contribution < 1.29 is 9.53 Å². The number of rotatable bonds is 3. The molecule has 1 aromatic carbocycles. The number of aromatic nitrogens is 1. The number of halogens is 2. The van der Waals surface area contributed by atoms with Crippen molar-refractivity contribution in [3.05, 3.63) is 45.6 Å². The lowest BCUT2D eigenvalue weighted by molar-refractivity contribution is 0.0448. The van der Waals surface area contributed by atoms with Crippen molar-refractivity contribution in [1.82, 2.24) is 10.3 Å². The van der Waals surface area contributed by atoms with Crippen molar-refractivity contribution >= 4 is 35.1 Å². The van der Waals surface area contributed by atoms with Crippen molar-refractivity contribution in [2.24, 2.45) is 0 Å². The van der Waals surface area contributed by atoms with E-state index < -0.39 is 11.7 Å². The summed E-state index contributed by atoms with van der Waals surface area (Å²) < 4.78 is 5.40. The molecule has 0 spiro atoms. The van der Waals surface area contributed by atoms with Crippen LogP contribution in [0.5, 0.6) is 0 Å². The fraction of sp³-hybridized carbons (Fsp3) is 0.458. The topological polar surface area (TPSA) is 78.2 Å². The van der Waals surface area contributed by atoms with Gasteiger partial charge in [0.05, 0.1) is 21.7 Å². The molecule has 0 unspecified atom stereocenters. The highest BCUT2D eigenvalue weighted by Gasteiger charge is 2.34. The van der Waals surface area contributed by atoms with Gasteiger partial charge in [0.25, 0.3) is 0 Å². The minimum atomic E-state index is -0.538. The number of anilines is 1. The van der Waals surface area contributed by atoms with E-state index in [0.717, 1.165) is 18.7 Å². The van der Waals surface area contributed by atoms with Crippen LogP contribution in [0.3, 0.4) is 0 Å². The van der Waals surface area contributed by atoms with Gasteiger partial charge >= 0.3 is 6.09 Å². The van der Waals surface area contributed by atoms with E-state index in [9.17, 15) is 10.1 Å². The SMILES string of the molecule is Cc1nc(N2CCC(C)(NC(=O)OC(C)(C)C)CC2)cc(C#N)c1-c1cccc(Cl)c1Cl. The van der Waals surface area contributed by atoms with E-state index in [-0.39, 0.29) is 5.54 Å². The van der Waals surface area contributed by atoms with Gasteiger partial charge in [0.1, 0.15) is 11.4 Å². The Morgan fingerprint density at radius 2 is 1.94 bits per heavy atom. The summed E-state index contributed by atoms with van der Waals surface area (Å²) in [4.78, 5) is 19.1. The molecule has 1 N–H and O–H groups in total. The van der Waals surface area contributed by atoms with Crippen LogP contribution in [-0.2, 0) is 4.74 Å². The number of benzene rings is 1. The number of hydrogen-bond acceptors (Lipinski definition) is 5. The zero-order valence-electron chi connectivity index (χ0n) is 19.1. The summed E-state index contributed by atoms with van der Waals surface area (Å²) in [5, 5.41) is 13.7. The molecule has 2 heterocycles. The lowest BCUT2D eigenvalue weighted by atomic mass is 9.89. The van der Waals surface area contributed by atoms with Crippen LogP contribution in [0.2, 0.25) is 10.0 Å². The Morgan fingerprint density at radius 3 is 2.53 bits per heavy atom. The van der Waals surface area contributed by atoms with Crippen LogP contribution in [0.15, 0.2) is 24.3 Å². The van der Waals surface area contributed by atoms with Gasteiger partial charge in [0.15, 0.2) is 0 Å². The first-order valence-electron chi connectivity index (χ1n) is 10.5. The second-order valence-electron chi connectivity index (χ2n) is 9.38. The van der Waals surface area contributed by atoms with Gasteiger partial charge in [0.2, 0.25) is 0 Å². The number of nitrogens with zero attached hydrogens (tertiary/aromatic N) is 3. The molecule has 0 radical (unpaired) electrons. The van der Waals surface area contributed by atoms with Crippen molar-refractivity contribution in [2.45, 2.75) is 58.6 Å². The summed E-state index contributed by atoms with van der Waals surface area (Å²) in [7, 11) is 0. The number of carbonyl (C=O) groups excluding carboxylic acids is 1. The first-order valence-corrected chi connectivity index (χ1v) is 11.3. The third-order valence-corrected chi connectivity index (χ3v) is 6.34. The Bertz CT molecular complexity index is 1060. The Morgan fingerprint density at radius 1 is 1.28 bits per heavy atom. The maximum atomic E-state index is 12.2. The third kappa shape index (κ3) is 5.46. The third-order valence-electron chi connectivity index (χ3n) is 5.52. The molecule has 1 saturated heterocycles. The number of pyridine rings is 1. The summed E-state index contributed by atoms with van der Waals surface area (Å²) in [6.45, 7) is 10.8. The molecule has 1 aliphatic heterocycles. The number of alkyl carbamates (subject to hydrolysis) is 1. The van der Waals surface area contributed by atoms with Crippen LogP contribution in [-0.4, -0.2) is 35.3 Å². The molecule has 2 aromatic rings. The molecule has 1 aromatic heterocycles. The van der Waals surface area contributed by atoms with Crippen molar-refractivity contribution in [3.63, 3.8) is 0 Å². The number of carbonyl (C=O) groups is 1. The van der Waals surface area contributed by atoms with Gasteiger partial charge in [0, 0.05) is 35.4 Å². The normalized spacial score (nSPS) is 15.8. The molecule has 3 rings (SSSR count). The molecule has 0 aliphatic carbocycles. The highest BCUT2D eigenvalue weighted by Crippen LogP contribution is 2.38. The smallest absolute Gasteiger partial charge is 0.408 e. The molecule has 8 heteroatoms. The number of aryl methyl sites for hydroxylation is 1. The zero-order chi connectivity index (χ0) is 23.7. The molecule has 0 atom stereocenters. The van der Waals surface area contributed by atoms with Crippen LogP contribution in [0, 0.1) is 18.3 Å². The van der Waals surface area contributed by atoms with Gasteiger partial charge in [-0.1, -0.05) is 35.3 Å². The van der Waals surface area contributed by atoms with Gasteiger partial charge in [-0.2, -0.15) is 5.26 Å². The van der Waals surface area contributed by atoms with Gasteiger partial charge in [-0.3, -0.25) is 0 Å². The van der Waals surface area contributed by atoms with Gasteiger partial charge in [-0.15, -0.1) is 0 Å². The lowest BCUT2D eigenvalue weighted by Crippen LogP contribution is -2.54. The molecule has 1 fully saturated rings. The molecule has 170 valence electrons. The van der Waals surface area contributed by atoms with E-state index in [2.05, 4.69) is 16.3 Å². The minimum absolute atomic E-state index is 0.361. The van der Waals surface area contributed by atoms with E-state index in [1.165, 1.54) is 0 Å². The predicted octanol–water partition coefficient (Wildman–Crippen LogP) is 6.12. The van der Waals surface area contributed by atoms with Crippen LogP contribution >= 0.6 is 23.2 Å². The monoisotopic (exact) mass is 474 g/mol. The molecule has 1 aliphatic rings. The van der Waals surface area contributed by atoms with Crippen LogP contribution < -0.4 is 10.2 Å². The number of nitriles is 1. The first-order chi connectivity index (χ1) is 14.9. The fourth-order valence-electron chi connectivity index (χ4n) is 3.85. The predicted molar refractivity (Wildman–Crippen MR) is 128 cm³/mol. The van der Waals surface area contributed by atoms with Gasteiger partial charge < -0.3 is 15.0 Å². The van der Waals surface area contributed by atoms with E-state index in [1.807, 2.05) is 40.7 Å². The fourth-order valence-corrected chi connectivity index (χ4v) is 4.24. The Balaban J connectivity index is 1.79.